The van der Waals surface area contributed by atoms with Crippen molar-refractivity contribution in [3.63, 3.8) is 0 Å². The van der Waals surface area contributed by atoms with E-state index in [2.05, 4.69) is 25.5 Å². The lowest BCUT2D eigenvalue weighted by atomic mass is 10.1. The van der Waals surface area contributed by atoms with Gasteiger partial charge in [0.05, 0.1) is 30.2 Å². The number of carbonyl (C=O) groups excluding carboxylic acids is 1. The Morgan fingerprint density at radius 3 is 2.62 bits per heavy atom. The molecule has 1 saturated heterocycles. The molecule has 2 aromatic heterocycles. The number of halogens is 1. The summed E-state index contributed by atoms with van der Waals surface area (Å²) in [5.74, 6) is 0.327. The summed E-state index contributed by atoms with van der Waals surface area (Å²) in [4.78, 5) is 23.4. The maximum Gasteiger partial charge on any atom is 0.238 e. The number of nitrogens with one attached hydrogen (secondary N) is 2. The molecule has 1 amide bonds. The first-order valence-electron chi connectivity index (χ1n) is 9.61. The molecule has 0 radical (unpaired) electrons. The smallest absolute Gasteiger partial charge is 0.238 e. The van der Waals surface area contributed by atoms with Crippen molar-refractivity contribution in [1.29, 1.82) is 0 Å². The lowest BCUT2D eigenvalue weighted by Crippen LogP contribution is -2.33. The van der Waals surface area contributed by atoms with Gasteiger partial charge in [-0.1, -0.05) is 6.07 Å². The van der Waals surface area contributed by atoms with Crippen LogP contribution in [0.4, 0.5) is 21.6 Å². The molecule has 0 aliphatic carbocycles. The van der Waals surface area contributed by atoms with Gasteiger partial charge in [-0.25, -0.2) is 9.37 Å². The fourth-order valence-corrected chi connectivity index (χ4v) is 3.53. The van der Waals surface area contributed by atoms with Gasteiger partial charge >= 0.3 is 0 Å². The summed E-state index contributed by atoms with van der Waals surface area (Å²) in [7, 11) is 0. The highest BCUT2D eigenvalue weighted by Gasteiger charge is 2.28. The Bertz CT molecular complexity index is 947. The van der Waals surface area contributed by atoms with Crippen molar-refractivity contribution in [2.45, 2.75) is 18.9 Å². The number of carbonyl (C=O) groups is 1. The minimum absolute atomic E-state index is 0.109. The Kier molecular flexibility index (Phi) is 5.76. The summed E-state index contributed by atoms with van der Waals surface area (Å²) in [6.07, 6.45) is 5.50. The zero-order valence-electron chi connectivity index (χ0n) is 15.9. The monoisotopic (exact) mass is 391 g/mol. The molecule has 0 spiro atoms. The largest absolute Gasteiger partial charge is 0.339 e. The van der Waals surface area contributed by atoms with Crippen molar-refractivity contribution in [3.8, 4) is 0 Å². The molecule has 0 saturated carbocycles. The maximum absolute atomic E-state index is 13.0. The van der Waals surface area contributed by atoms with E-state index in [1.54, 1.807) is 24.5 Å². The van der Waals surface area contributed by atoms with Crippen LogP contribution in [0, 0.1) is 5.82 Å². The van der Waals surface area contributed by atoms with Gasteiger partial charge in [-0.3, -0.25) is 14.7 Å². The van der Waals surface area contributed by atoms with Crippen LogP contribution in [-0.2, 0) is 4.79 Å². The molecule has 4 rings (SSSR count). The van der Waals surface area contributed by atoms with Gasteiger partial charge in [0.1, 0.15) is 11.6 Å². The zero-order chi connectivity index (χ0) is 20.1. The van der Waals surface area contributed by atoms with Crippen molar-refractivity contribution in [1.82, 2.24) is 14.9 Å². The van der Waals surface area contributed by atoms with E-state index in [4.69, 9.17) is 0 Å². The van der Waals surface area contributed by atoms with Crippen LogP contribution >= 0.6 is 0 Å². The van der Waals surface area contributed by atoms with Crippen molar-refractivity contribution < 1.29 is 9.18 Å². The second-order valence-electron chi connectivity index (χ2n) is 7.00. The minimum Gasteiger partial charge on any atom is -0.339 e. The Morgan fingerprint density at radius 1 is 1.07 bits per heavy atom. The van der Waals surface area contributed by atoms with Crippen molar-refractivity contribution in [2.24, 2.45) is 0 Å². The lowest BCUT2D eigenvalue weighted by Gasteiger charge is -2.23. The molecular formula is C22H22FN5O. The van der Waals surface area contributed by atoms with Gasteiger partial charge in [0.25, 0.3) is 0 Å². The SMILES string of the molecule is O=C(CN1CCCC1c1ccc(Nc2ccccn2)cn1)Nc1ccc(F)cc1. The molecule has 1 aliphatic heterocycles. The van der Waals surface area contributed by atoms with Crippen LogP contribution in [0.2, 0.25) is 0 Å². The Balaban J connectivity index is 1.37. The second-order valence-corrected chi connectivity index (χ2v) is 7.00. The first kappa shape index (κ1) is 19.0. The van der Waals surface area contributed by atoms with Crippen molar-refractivity contribution in [3.05, 3.63) is 78.5 Å². The molecule has 3 heterocycles. The number of hydrogen-bond acceptors (Lipinski definition) is 5. The molecule has 1 unspecified atom stereocenters. The van der Waals surface area contributed by atoms with E-state index in [1.807, 2.05) is 30.3 Å². The molecule has 6 nitrogen and oxygen atoms in total. The van der Waals surface area contributed by atoms with Gasteiger partial charge in [-0.2, -0.15) is 0 Å². The molecule has 2 N–H and O–H groups in total. The Morgan fingerprint density at radius 2 is 1.90 bits per heavy atom. The van der Waals surface area contributed by atoms with Crippen LogP contribution in [-0.4, -0.2) is 33.9 Å². The van der Waals surface area contributed by atoms with E-state index >= 15 is 0 Å². The number of rotatable bonds is 6. The number of aromatic nitrogens is 2. The highest BCUT2D eigenvalue weighted by atomic mass is 19.1. The van der Waals surface area contributed by atoms with E-state index in [1.165, 1.54) is 12.1 Å². The van der Waals surface area contributed by atoms with Gasteiger partial charge in [0, 0.05) is 11.9 Å². The Labute approximate surface area is 168 Å². The molecule has 1 fully saturated rings. The summed E-state index contributed by atoms with van der Waals surface area (Å²) >= 11 is 0. The standard InChI is InChI=1S/C22H22FN5O/c23-16-6-8-17(9-7-16)27-22(29)15-28-13-3-4-20(28)19-11-10-18(14-25-19)26-21-5-1-2-12-24-21/h1-2,5-12,14,20H,3-4,13,15H2,(H,24,26)(H,27,29). The Hall–Kier alpha value is -3.32. The van der Waals surface area contributed by atoms with Crippen LogP contribution in [0.1, 0.15) is 24.6 Å². The van der Waals surface area contributed by atoms with Gasteiger partial charge in [0.15, 0.2) is 0 Å². The van der Waals surface area contributed by atoms with E-state index in [-0.39, 0.29) is 24.3 Å². The van der Waals surface area contributed by atoms with E-state index in [9.17, 15) is 9.18 Å². The molecule has 0 bridgehead atoms. The van der Waals surface area contributed by atoms with E-state index < -0.39 is 0 Å². The number of likely N-dealkylation sites (tertiary alicyclic amines) is 1. The molecular weight excluding hydrogens is 369 g/mol. The van der Waals surface area contributed by atoms with Crippen LogP contribution in [0.3, 0.4) is 0 Å². The summed E-state index contributed by atoms with van der Waals surface area (Å²) in [5.41, 5.74) is 2.41. The van der Waals surface area contributed by atoms with Gasteiger partial charge < -0.3 is 10.6 Å². The number of amides is 1. The van der Waals surface area contributed by atoms with Gasteiger partial charge in [0.2, 0.25) is 5.91 Å². The lowest BCUT2D eigenvalue weighted by molar-refractivity contribution is -0.117. The quantitative estimate of drug-likeness (QED) is 0.661. The average molecular weight is 391 g/mol. The number of pyridine rings is 2. The van der Waals surface area contributed by atoms with Crippen LogP contribution in [0.15, 0.2) is 67.0 Å². The van der Waals surface area contributed by atoms with E-state index in [0.29, 0.717) is 5.69 Å². The summed E-state index contributed by atoms with van der Waals surface area (Å²) < 4.78 is 13.0. The number of benzene rings is 1. The topological polar surface area (TPSA) is 70.2 Å². The third-order valence-corrected chi connectivity index (χ3v) is 4.90. The normalized spacial score (nSPS) is 16.5. The third kappa shape index (κ3) is 4.94. The van der Waals surface area contributed by atoms with Crippen LogP contribution < -0.4 is 10.6 Å². The molecule has 1 atom stereocenters. The molecule has 1 aromatic carbocycles. The molecule has 29 heavy (non-hydrogen) atoms. The highest BCUT2D eigenvalue weighted by molar-refractivity contribution is 5.92. The summed E-state index contributed by atoms with van der Waals surface area (Å²) in [6.45, 7) is 1.12. The number of hydrogen-bond donors (Lipinski definition) is 2. The molecule has 148 valence electrons. The highest BCUT2D eigenvalue weighted by Crippen LogP contribution is 2.31. The maximum atomic E-state index is 13.0. The zero-order valence-corrected chi connectivity index (χ0v) is 15.9. The van der Waals surface area contributed by atoms with Crippen molar-refractivity contribution >= 4 is 23.1 Å². The predicted molar refractivity (Wildman–Crippen MR) is 110 cm³/mol. The van der Waals surface area contributed by atoms with Crippen molar-refractivity contribution in [2.75, 3.05) is 23.7 Å². The van der Waals surface area contributed by atoms with E-state index in [0.717, 1.165) is 36.6 Å². The average Bonchev–Trinajstić information content (AvgIpc) is 3.19. The minimum atomic E-state index is -0.324. The molecule has 3 aromatic rings. The predicted octanol–water partition coefficient (Wildman–Crippen LogP) is 4.13. The second kappa shape index (κ2) is 8.79. The van der Waals surface area contributed by atoms with Crippen LogP contribution in [0.25, 0.3) is 0 Å². The van der Waals surface area contributed by atoms with Gasteiger partial charge in [-0.05, 0) is 67.9 Å². The number of nitrogens with zero attached hydrogens (tertiary/aromatic N) is 3. The summed E-state index contributed by atoms with van der Waals surface area (Å²) in [5, 5.41) is 6.04. The molecule has 1 aliphatic rings. The molecule has 7 heteroatoms. The first-order chi connectivity index (χ1) is 14.2. The van der Waals surface area contributed by atoms with Crippen LogP contribution in [0.5, 0.6) is 0 Å². The van der Waals surface area contributed by atoms with Gasteiger partial charge in [-0.15, -0.1) is 0 Å². The first-order valence-corrected chi connectivity index (χ1v) is 9.61. The third-order valence-electron chi connectivity index (χ3n) is 4.90. The fraction of sp³-hybridized carbons (Fsp3) is 0.227. The number of anilines is 3. The summed E-state index contributed by atoms with van der Waals surface area (Å²) in [6, 6.07) is 15.5. The fourth-order valence-electron chi connectivity index (χ4n) is 3.53.